The fourth-order valence-electron chi connectivity index (χ4n) is 4.33. The van der Waals surface area contributed by atoms with Gasteiger partial charge >= 0.3 is 5.97 Å². The highest BCUT2D eigenvalue weighted by Crippen LogP contribution is 2.24. The van der Waals surface area contributed by atoms with Crippen LogP contribution in [0.1, 0.15) is 35.7 Å². The number of imidazole rings is 1. The molecule has 0 radical (unpaired) electrons. The van der Waals surface area contributed by atoms with Crippen LogP contribution in [0.5, 0.6) is 0 Å². The number of aliphatic carboxylic acids is 1. The lowest BCUT2D eigenvalue weighted by Crippen LogP contribution is -2.38. The molecular weight excluding hydrogens is 446 g/mol. The maximum atomic E-state index is 13.2. The molecule has 0 spiro atoms. The predicted molar refractivity (Wildman–Crippen MR) is 135 cm³/mol. The van der Waals surface area contributed by atoms with Crippen LogP contribution in [-0.2, 0) is 16.0 Å². The third-order valence-electron chi connectivity index (χ3n) is 6.19. The number of carbonyl (C=O) groups is 2. The summed E-state index contributed by atoms with van der Waals surface area (Å²) < 4.78 is 0. The summed E-state index contributed by atoms with van der Waals surface area (Å²) in [5.74, 6) is -0.517. The van der Waals surface area contributed by atoms with Gasteiger partial charge in [-0.3, -0.25) is 15.0 Å². The number of nitrogens with zero attached hydrogens (tertiary/aromatic N) is 2. The number of hydrogen-bond donors (Lipinski definition) is 6. The number of anilines is 1. The van der Waals surface area contributed by atoms with Crippen LogP contribution in [0.4, 0.5) is 5.69 Å². The molecule has 0 aliphatic carbocycles. The number of rotatable bonds is 11. The molecule has 1 atom stereocenters. The minimum Gasteiger partial charge on any atom is -0.480 e. The number of H-pyrrole nitrogens is 1. The molecule has 1 unspecified atom stereocenters. The molecule has 1 saturated heterocycles. The van der Waals surface area contributed by atoms with Crippen LogP contribution < -0.4 is 16.4 Å². The fourth-order valence-corrected chi connectivity index (χ4v) is 4.33. The van der Waals surface area contributed by atoms with Crippen LogP contribution in [0, 0.1) is 5.41 Å². The molecule has 0 bridgehead atoms. The third-order valence-corrected chi connectivity index (χ3v) is 6.19. The first kappa shape index (κ1) is 24.2. The van der Waals surface area contributed by atoms with E-state index in [9.17, 15) is 9.59 Å². The van der Waals surface area contributed by atoms with Gasteiger partial charge in [-0.25, -0.2) is 4.98 Å². The van der Waals surface area contributed by atoms with Gasteiger partial charge < -0.3 is 31.4 Å². The third kappa shape index (κ3) is 6.15. The first-order valence-corrected chi connectivity index (χ1v) is 11.8. The minimum atomic E-state index is -0.951. The van der Waals surface area contributed by atoms with Crippen molar-refractivity contribution in [2.45, 2.75) is 25.2 Å². The average molecular weight is 478 g/mol. The Labute approximate surface area is 203 Å². The highest BCUT2D eigenvalue weighted by molar-refractivity contribution is 5.95. The van der Waals surface area contributed by atoms with Crippen LogP contribution >= 0.6 is 0 Å². The molecule has 1 aromatic heterocycles. The second-order valence-corrected chi connectivity index (χ2v) is 8.74. The summed E-state index contributed by atoms with van der Waals surface area (Å²) in [4.78, 5) is 34.0. The number of carboxylic acids is 1. The van der Waals surface area contributed by atoms with E-state index in [-0.39, 0.29) is 24.8 Å². The van der Waals surface area contributed by atoms with E-state index in [1.807, 2.05) is 35.2 Å². The van der Waals surface area contributed by atoms with E-state index in [1.165, 1.54) is 0 Å². The van der Waals surface area contributed by atoms with Gasteiger partial charge in [-0.05, 0) is 54.8 Å². The van der Waals surface area contributed by atoms with Gasteiger partial charge in [-0.15, -0.1) is 0 Å². The maximum Gasteiger partial charge on any atom is 0.317 e. The van der Waals surface area contributed by atoms with Crippen LogP contribution in [0.3, 0.4) is 0 Å². The molecule has 0 saturated carbocycles. The van der Waals surface area contributed by atoms with E-state index >= 15 is 0 Å². The summed E-state index contributed by atoms with van der Waals surface area (Å²) in [7, 11) is 0. The van der Waals surface area contributed by atoms with Gasteiger partial charge in [0.1, 0.15) is 11.7 Å². The predicted octanol–water partition coefficient (Wildman–Crippen LogP) is 1.88. The molecule has 1 amide bonds. The molecule has 2 aromatic carbocycles. The van der Waals surface area contributed by atoms with Crippen LogP contribution in [0.25, 0.3) is 11.0 Å². The van der Waals surface area contributed by atoms with Crippen LogP contribution in [-0.4, -0.2) is 70.4 Å². The summed E-state index contributed by atoms with van der Waals surface area (Å²) in [5, 5.41) is 22.7. The number of nitrogens with one attached hydrogen (secondary N) is 4. The number of aromatic amines is 1. The van der Waals surface area contributed by atoms with Crippen molar-refractivity contribution in [1.29, 1.82) is 5.41 Å². The lowest BCUT2D eigenvalue weighted by Gasteiger charge is -2.23. The van der Waals surface area contributed by atoms with Crippen molar-refractivity contribution in [2.24, 2.45) is 5.73 Å². The molecule has 1 aliphatic heterocycles. The Hall–Kier alpha value is -3.92. The lowest BCUT2D eigenvalue weighted by molar-refractivity contribution is -0.136. The van der Waals surface area contributed by atoms with Gasteiger partial charge in [-0.1, -0.05) is 6.07 Å². The van der Waals surface area contributed by atoms with Crippen LogP contribution in [0.15, 0.2) is 42.5 Å². The van der Waals surface area contributed by atoms with Gasteiger partial charge in [0.25, 0.3) is 0 Å². The van der Waals surface area contributed by atoms with Gasteiger partial charge in [0.05, 0.1) is 23.5 Å². The van der Waals surface area contributed by atoms with Gasteiger partial charge in [-0.2, -0.15) is 0 Å². The number of amides is 1. The molecule has 2 heterocycles. The molecule has 35 heavy (non-hydrogen) atoms. The molecule has 4 rings (SSSR count). The smallest absolute Gasteiger partial charge is 0.317 e. The SMILES string of the molecule is N=C(N)c1ccc(NCCc2nc3cc(C(CNCC(=O)O)C(=O)N4CCCC4)ccc3[nH]2)cc1. The van der Waals surface area contributed by atoms with Gasteiger partial charge in [0.15, 0.2) is 0 Å². The molecule has 10 heteroatoms. The highest BCUT2D eigenvalue weighted by Gasteiger charge is 2.28. The molecule has 10 nitrogen and oxygen atoms in total. The lowest BCUT2D eigenvalue weighted by atomic mass is 9.97. The topological polar surface area (TPSA) is 160 Å². The van der Waals surface area contributed by atoms with E-state index in [4.69, 9.17) is 21.2 Å². The van der Waals surface area contributed by atoms with E-state index in [0.717, 1.165) is 54.0 Å². The number of benzene rings is 2. The highest BCUT2D eigenvalue weighted by atomic mass is 16.4. The van der Waals surface area contributed by atoms with Crippen molar-refractivity contribution in [3.8, 4) is 0 Å². The zero-order chi connectivity index (χ0) is 24.8. The number of hydrogen-bond acceptors (Lipinski definition) is 6. The number of amidine groups is 1. The monoisotopic (exact) mass is 477 g/mol. The first-order chi connectivity index (χ1) is 16.9. The molecule has 1 fully saturated rings. The summed E-state index contributed by atoms with van der Waals surface area (Å²) in [5.41, 5.74) is 9.61. The quantitative estimate of drug-likeness (QED) is 0.182. The average Bonchev–Trinajstić information content (AvgIpc) is 3.51. The number of carbonyl (C=O) groups excluding carboxylic acids is 1. The van der Waals surface area contributed by atoms with Crippen molar-refractivity contribution >= 4 is 34.4 Å². The number of aromatic nitrogens is 2. The van der Waals surface area contributed by atoms with E-state index in [2.05, 4.69) is 15.6 Å². The van der Waals surface area contributed by atoms with Crippen molar-refractivity contribution < 1.29 is 14.7 Å². The Bertz CT molecular complexity index is 1200. The van der Waals surface area contributed by atoms with Crippen molar-refractivity contribution in [2.75, 3.05) is 38.0 Å². The number of carboxylic acid groups (broad SMARTS) is 1. The standard InChI is InChI=1S/C25H31N7O3/c26-24(27)16-3-6-18(7-4-16)29-10-9-22-30-20-8-5-17(13-21(20)31-22)19(14-28-15-23(33)34)25(35)32-11-1-2-12-32/h3-8,13,19,28-29H,1-2,9-12,14-15H2,(H3,26,27)(H,30,31)(H,33,34). The fraction of sp³-hybridized carbons (Fsp3) is 0.360. The Morgan fingerprint density at radius 1 is 1.17 bits per heavy atom. The molecule has 1 aliphatic rings. The molecular formula is C25H31N7O3. The van der Waals surface area contributed by atoms with E-state index in [1.54, 1.807) is 12.1 Å². The Morgan fingerprint density at radius 2 is 1.91 bits per heavy atom. The van der Waals surface area contributed by atoms with E-state index < -0.39 is 11.9 Å². The summed E-state index contributed by atoms with van der Waals surface area (Å²) in [6.07, 6.45) is 2.67. The van der Waals surface area contributed by atoms with Crippen molar-refractivity contribution in [3.05, 3.63) is 59.4 Å². The summed E-state index contributed by atoms with van der Waals surface area (Å²) in [6.45, 7) is 2.22. The van der Waals surface area contributed by atoms with Crippen molar-refractivity contribution in [1.82, 2.24) is 20.2 Å². The minimum absolute atomic E-state index is 0.0236. The molecule has 7 N–H and O–H groups in total. The Morgan fingerprint density at radius 3 is 2.60 bits per heavy atom. The van der Waals surface area contributed by atoms with Gasteiger partial charge in [0.2, 0.25) is 5.91 Å². The van der Waals surface area contributed by atoms with Crippen LogP contribution in [0.2, 0.25) is 0 Å². The number of nitrogens with two attached hydrogens (primary N) is 1. The van der Waals surface area contributed by atoms with E-state index in [0.29, 0.717) is 18.5 Å². The largest absolute Gasteiger partial charge is 0.480 e. The van der Waals surface area contributed by atoms with Gasteiger partial charge in [0, 0.05) is 43.9 Å². The maximum absolute atomic E-state index is 13.2. The summed E-state index contributed by atoms with van der Waals surface area (Å²) in [6, 6.07) is 13.1. The second kappa shape index (κ2) is 11.0. The number of likely N-dealkylation sites (tertiary alicyclic amines) is 1. The normalized spacial score (nSPS) is 14.2. The zero-order valence-electron chi connectivity index (χ0n) is 19.5. The molecule has 184 valence electrons. The van der Waals surface area contributed by atoms with Crippen molar-refractivity contribution in [3.63, 3.8) is 0 Å². The second-order valence-electron chi connectivity index (χ2n) is 8.74. The number of fused-ring (bicyclic) bond motifs is 1. The number of nitrogen functional groups attached to an aromatic ring is 1. The Kier molecular flexibility index (Phi) is 7.61. The molecule has 3 aromatic rings. The first-order valence-electron chi connectivity index (χ1n) is 11.8. The zero-order valence-corrected chi connectivity index (χ0v) is 19.5. The Balaban J connectivity index is 1.43. The summed E-state index contributed by atoms with van der Waals surface area (Å²) >= 11 is 0.